The molecule has 1 aliphatic heterocycles. The number of anilines is 3. The monoisotopic (exact) mass is 471 g/mol. The third-order valence-electron chi connectivity index (χ3n) is 5.66. The lowest BCUT2D eigenvalue weighted by atomic mass is 10.0. The average molecular weight is 472 g/mol. The molecule has 6 nitrogen and oxygen atoms in total. The van der Waals surface area contributed by atoms with Gasteiger partial charge in [-0.1, -0.05) is 42.5 Å². The molecule has 3 aromatic carbocycles. The van der Waals surface area contributed by atoms with Crippen LogP contribution >= 0.6 is 11.3 Å². The summed E-state index contributed by atoms with van der Waals surface area (Å²) in [5.41, 5.74) is 5.28. The largest absolute Gasteiger partial charge is 0.495 e. The molecule has 1 aliphatic rings. The summed E-state index contributed by atoms with van der Waals surface area (Å²) in [6.07, 6.45) is 0.843. The fraction of sp³-hybridized carbons (Fsp3) is 0.148. The molecule has 2 N–H and O–H groups in total. The first kappa shape index (κ1) is 22.0. The summed E-state index contributed by atoms with van der Waals surface area (Å²) >= 11 is 1.46. The number of ether oxygens (including phenoxy) is 2. The Kier molecular flexibility index (Phi) is 6.20. The highest BCUT2D eigenvalue weighted by molar-refractivity contribution is 7.13. The van der Waals surface area contributed by atoms with Gasteiger partial charge in [-0.2, -0.15) is 0 Å². The van der Waals surface area contributed by atoms with Crippen LogP contribution in [0.1, 0.15) is 16.8 Å². The maximum Gasteiger partial charge on any atom is 0.226 e. The van der Waals surface area contributed by atoms with Crippen molar-refractivity contribution in [2.24, 2.45) is 0 Å². The molecular weight excluding hydrogens is 446 g/mol. The molecule has 2 heterocycles. The minimum Gasteiger partial charge on any atom is -0.495 e. The molecule has 0 spiro atoms. The zero-order valence-corrected chi connectivity index (χ0v) is 19.8. The number of nitrogens with zero attached hydrogens (tertiary/aromatic N) is 2. The van der Waals surface area contributed by atoms with E-state index in [0.717, 1.165) is 29.2 Å². The molecule has 172 valence electrons. The van der Waals surface area contributed by atoms with Crippen LogP contribution in [0.4, 0.5) is 16.5 Å². The molecule has 1 unspecified atom stereocenters. The normalized spacial score (nSPS) is 14.6. The Bertz CT molecular complexity index is 1320. The lowest BCUT2D eigenvalue weighted by Crippen LogP contribution is -2.22. The summed E-state index contributed by atoms with van der Waals surface area (Å²) in [5, 5.41) is 16.6. The molecular formula is C27H25N3O3S. The van der Waals surface area contributed by atoms with Crippen molar-refractivity contribution in [3.05, 3.63) is 95.0 Å². The van der Waals surface area contributed by atoms with Gasteiger partial charge in [0.2, 0.25) is 6.29 Å². The third-order valence-corrected chi connectivity index (χ3v) is 6.42. The zero-order chi connectivity index (χ0) is 23.5. The van der Waals surface area contributed by atoms with E-state index >= 15 is 0 Å². The fourth-order valence-electron chi connectivity index (χ4n) is 3.88. The third kappa shape index (κ3) is 4.62. The van der Waals surface area contributed by atoms with Gasteiger partial charge in [0.25, 0.3) is 0 Å². The Morgan fingerprint density at radius 3 is 2.71 bits per heavy atom. The maximum atomic E-state index is 10.7. The van der Waals surface area contributed by atoms with Crippen molar-refractivity contribution >= 4 is 39.5 Å². The predicted molar refractivity (Wildman–Crippen MR) is 138 cm³/mol. The number of nitrogens with one attached hydrogen (secondary N) is 1. The number of benzene rings is 3. The van der Waals surface area contributed by atoms with Crippen LogP contribution in [0.25, 0.3) is 11.6 Å². The number of rotatable bonds is 7. The number of methoxy groups -OCH3 is 1. The van der Waals surface area contributed by atoms with Gasteiger partial charge in [0, 0.05) is 41.9 Å². The van der Waals surface area contributed by atoms with Crippen molar-refractivity contribution in [1.82, 2.24) is 4.98 Å². The van der Waals surface area contributed by atoms with Crippen LogP contribution in [0.5, 0.6) is 11.5 Å². The summed E-state index contributed by atoms with van der Waals surface area (Å²) in [5.74, 6) is 1.39. The minimum absolute atomic E-state index is 0.627. The van der Waals surface area contributed by atoms with Gasteiger partial charge >= 0.3 is 0 Å². The Morgan fingerprint density at radius 2 is 1.88 bits per heavy atom. The minimum atomic E-state index is -1.09. The van der Waals surface area contributed by atoms with Gasteiger partial charge in [-0.05, 0) is 35.9 Å². The second-order valence-corrected chi connectivity index (χ2v) is 8.85. The molecule has 0 fully saturated rings. The van der Waals surface area contributed by atoms with Crippen LogP contribution in [-0.4, -0.2) is 30.5 Å². The lowest BCUT2D eigenvalue weighted by molar-refractivity contribution is 0.0318. The zero-order valence-electron chi connectivity index (χ0n) is 18.9. The van der Waals surface area contributed by atoms with Crippen molar-refractivity contribution in [2.45, 2.75) is 12.8 Å². The van der Waals surface area contributed by atoms with Crippen molar-refractivity contribution < 1.29 is 14.6 Å². The Hall–Kier alpha value is -3.81. The highest BCUT2D eigenvalue weighted by Crippen LogP contribution is 2.37. The van der Waals surface area contributed by atoms with Gasteiger partial charge in [-0.15, -0.1) is 11.3 Å². The molecule has 0 saturated heterocycles. The topological polar surface area (TPSA) is 66.9 Å². The van der Waals surface area contributed by atoms with E-state index in [2.05, 4.69) is 33.4 Å². The van der Waals surface area contributed by atoms with E-state index in [9.17, 15) is 5.11 Å². The van der Waals surface area contributed by atoms with E-state index in [1.54, 1.807) is 7.11 Å². The van der Waals surface area contributed by atoms with Crippen molar-refractivity contribution in [3.63, 3.8) is 0 Å². The van der Waals surface area contributed by atoms with E-state index in [4.69, 9.17) is 9.47 Å². The number of hydrogen-bond donors (Lipinski definition) is 2. The standard InChI is InChI=1S/C27H25N3O3S/c1-30(16-18-8-4-3-5-9-18)20-13-12-19-14-21(26(31)33-25(19)15-20)23-17-34-27(29-23)28-22-10-6-7-11-24(22)32-2/h3-15,17,26,31H,16H2,1-2H3,(H,28,29). The van der Waals surface area contributed by atoms with E-state index in [1.165, 1.54) is 16.9 Å². The second-order valence-electron chi connectivity index (χ2n) is 8.00. The first-order valence-electron chi connectivity index (χ1n) is 10.9. The number of hydrogen-bond acceptors (Lipinski definition) is 7. The maximum absolute atomic E-state index is 10.7. The second kappa shape index (κ2) is 9.59. The molecule has 0 amide bonds. The first-order valence-corrected chi connectivity index (χ1v) is 11.8. The summed E-state index contributed by atoms with van der Waals surface area (Å²) in [4.78, 5) is 6.81. The molecule has 34 heavy (non-hydrogen) atoms. The van der Waals surface area contributed by atoms with Crippen LogP contribution in [-0.2, 0) is 6.54 Å². The number of para-hydroxylation sites is 2. The molecule has 7 heteroatoms. The van der Waals surface area contributed by atoms with E-state index in [0.29, 0.717) is 22.1 Å². The number of aromatic nitrogens is 1. The predicted octanol–water partition coefficient (Wildman–Crippen LogP) is 5.78. The van der Waals surface area contributed by atoms with Gasteiger partial charge in [0.1, 0.15) is 11.5 Å². The molecule has 4 aromatic rings. The highest BCUT2D eigenvalue weighted by atomic mass is 32.1. The molecule has 0 radical (unpaired) electrons. The molecule has 1 aromatic heterocycles. The smallest absolute Gasteiger partial charge is 0.226 e. The van der Waals surface area contributed by atoms with Gasteiger partial charge in [-0.3, -0.25) is 0 Å². The number of aliphatic hydroxyl groups excluding tert-OH is 1. The Morgan fingerprint density at radius 1 is 1.09 bits per heavy atom. The number of aliphatic hydroxyl groups is 1. The van der Waals surface area contributed by atoms with Gasteiger partial charge in [0.05, 0.1) is 18.5 Å². The quantitative estimate of drug-likeness (QED) is 0.356. The summed E-state index contributed by atoms with van der Waals surface area (Å²) in [6, 6.07) is 24.0. The van der Waals surface area contributed by atoms with E-state index < -0.39 is 6.29 Å². The molecule has 0 aliphatic carbocycles. The molecule has 0 saturated carbocycles. The highest BCUT2D eigenvalue weighted by Gasteiger charge is 2.24. The van der Waals surface area contributed by atoms with Crippen LogP contribution in [0.15, 0.2) is 78.2 Å². The molecule has 5 rings (SSSR count). The van der Waals surface area contributed by atoms with E-state index in [1.807, 2.05) is 73.1 Å². The molecule has 0 bridgehead atoms. The number of thiazole rings is 1. The van der Waals surface area contributed by atoms with Gasteiger partial charge < -0.3 is 24.8 Å². The first-order chi connectivity index (χ1) is 16.6. The average Bonchev–Trinajstić information content (AvgIpc) is 3.32. The Balaban J connectivity index is 1.35. The van der Waals surface area contributed by atoms with Crippen molar-refractivity contribution in [3.8, 4) is 11.5 Å². The number of fused-ring (bicyclic) bond motifs is 1. The van der Waals surface area contributed by atoms with Crippen LogP contribution in [0.3, 0.4) is 0 Å². The molecule has 1 atom stereocenters. The summed E-state index contributed by atoms with van der Waals surface area (Å²) in [6.45, 7) is 0.782. The van der Waals surface area contributed by atoms with Crippen LogP contribution in [0.2, 0.25) is 0 Å². The van der Waals surface area contributed by atoms with Gasteiger partial charge in [0.15, 0.2) is 5.13 Å². The lowest BCUT2D eigenvalue weighted by Gasteiger charge is -2.25. The van der Waals surface area contributed by atoms with Crippen molar-refractivity contribution in [1.29, 1.82) is 0 Å². The SMILES string of the molecule is COc1ccccc1Nc1nc(C2=Cc3ccc(N(C)Cc4ccccc4)cc3OC2O)cs1. The van der Waals surface area contributed by atoms with E-state index in [-0.39, 0.29) is 0 Å². The Labute approximate surface area is 202 Å². The summed E-state index contributed by atoms with van der Waals surface area (Å²) in [7, 11) is 3.68. The van der Waals surface area contributed by atoms with Crippen molar-refractivity contribution in [2.75, 3.05) is 24.4 Å². The fourth-order valence-corrected chi connectivity index (χ4v) is 4.61. The van der Waals surface area contributed by atoms with Crippen LogP contribution < -0.4 is 19.7 Å². The van der Waals surface area contributed by atoms with Gasteiger partial charge in [-0.25, -0.2) is 4.98 Å². The summed E-state index contributed by atoms with van der Waals surface area (Å²) < 4.78 is 11.3. The van der Waals surface area contributed by atoms with Crippen LogP contribution in [0, 0.1) is 0 Å².